The molecule has 0 aliphatic rings. The Morgan fingerprint density at radius 2 is 1.92 bits per heavy atom. The first-order valence-electron chi connectivity index (χ1n) is 3.61. The number of hydrogen-bond acceptors (Lipinski definition) is 3. The summed E-state index contributed by atoms with van der Waals surface area (Å²) < 4.78 is 5.09. The van der Waals surface area contributed by atoms with Crippen molar-refractivity contribution in [2.75, 3.05) is 0 Å². The zero-order chi connectivity index (χ0) is 8.55. The van der Waals surface area contributed by atoms with Crippen LogP contribution in [0.5, 0.6) is 0 Å². The van der Waals surface area contributed by atoms with Crippen molar-refractivity contribution in [3.05, 3.63) is 30.5 Å². The van der Waals surface area contributed by atoms with Crippen LogP contribution in [0.15, 0.2) is 34.9 Å². The standard InChI is InChI=1S/C8H7BO3/c10-9(11)7-5-12-8-4-2-1-3-6(7)8/h1-5,10-11H. The molecular formula is C8H7BO3. The molecule has 12 heavy (non-hydrogen) atoms. The van der Waals surface area contributed by atoms with Crippen molar-refractivity contribution in [1.82, 2.24) is 0 Å². The first-order chi connectivity index (χ1) is 5.79. The van der Waals surface area contributed by atoms with Crippen LogP contribution in [-0.4, -0.2) is 17.2 Å². The van der Waals surface area contributed by atoms with Crippen LogP contribution in [0.25, 0.3) is 11.0 Å². The molecule has 2 rings (SSSR count). The number of para-hydroxylation sites is 1. The molecule has 1 heterocycles. The molecule has 0 aliphatic carbocycles. The van der Waals surface area contributed by atoms with Gasteiger partial charge in [0.05, 0.1) is 6.26 Å². The monoisotopic (exact) mass is 162 g/mol. The van der Waals surface area contributed by atoms with Crippen molar-refractivity contribution in [1.29, 1.82) is 0 Å². The van der Waals surface area contributed by atoms with Gasteiger partial charge in [-0.1, -0.05) is 18.2 Å². The zero-order valence-corrected chi connectivity index (χ0v) is 6.27. The molecular weight excluding hydrogens is 155 g/mol. The van der Waals surface area contributed by atoms with Crippen LogP contribution in [0, 0.1) is 0 Å². The maximum Gasteiger partial charge on any atom is 0.492 e. The number of rotatable bonds is 1. The molecule has 1 aromatic carbocycles. The summed E-state index contributed by atoms with van der Waals surface area (Å²) in [6.07, 6.45) is 1.36. The molecule has 1 aromatic heterocycles. The van der Waals surface area contributed by atoms with E-state index in [-0.39, 0.29) is 0 Å². The normalized spacial score (nSPS) is 10.5. The molecule has 0 bridgehead atoms. The van der Waals surface area contributed by atoms with E-state index in [1.54, 1.807) is 12.1 Å². The van der Waals surface area contributed by atoms with Crippen molar-refractivity contribution < 1.29 is 14.5 Å². The largest absolute Gasteiger partial charge is 0.492 e. The van der Waals surface area contributed by atoms with Gasteiger partial charge in [0, 0.05) is 10.8 Å². The lowest BCUT2D eigenvalue weighted by molar-refractivity contribution is 0.425. The minimum atomic E-state index is -1.46. The summed E-state index contributed by atoms with van der Waals surface area (Å²) in [6, 6.07) is 7.22. The highest BCUT2D eigenvalue weighted by Gasteiger charge is 2.16. The second-order valence-corrected chi connectivity index (χ2v) is 2.56. The van der Waals surface area contributed by atoms with Gasteiger partial charge in [0.1, 0.15) is 5.58 Å². The highest BCUT2D eigenvalue weighted by Crippen LogP contribution is 2.11. The Morgan fingerprint density at radius 1 is 1.17 bits per heavy atom. The van der Waals surface area contributed by atoms with Crippen molar-refractivity contribution >= 4 is 23.6 Å². The smallest absolute Gasteiger partial charge is 0.465 e. The lowest BCUT2D eigenvalue weighted by atomic mass is 9.80. The summed E-state index contributed by atoms with van der Waals surface area (Å²) in [5.41, 5.74) is 1.08. The molecule has 0 saturated carbocycles. The van der Waals surface area contributed by atoms with Crippen molar-refractivity contribution in [3.8, 4) is 0 Å². The Morgan fingerprint density at radius 3 is 2.67 bits per heavy atom. The van der Waals surface area contributed by atoms with Crippen molar-refractivity contribution in [2.24, 2.45) is 0 Å². The Labute approximate surface area is 69.4 Å². The molecule has 2 aromatic rings. The highest BCUT2D eigenvalue weighted by molar-refractivity contribution is 6.61. The minimum absolute atomic E-state index is 0.408. The quantitative estimate of drug-likeness (QED) is 0.585. The summed E-state index contributed by atoms with van der Waals surface area (Å²) in [4.78, 5) is 0. The summed E-state index contributed by atoms with van der Waals surface area (Å²) in [7, 11) is -1.46. The van der Waals surface area contributed by atoms with Gasteiger partial charge in [0.25, 0.3) is 0 Å². The fourth-order valence-corrected chi connectivity index (χ4v) is 1.20. The Balaban J connectivity index is 2.70. The van der Waals surface area contributed by atoms with Crippen LogP contribution < -0.4 is 5.46 Å². The van der Waals surface area contributed by atoms with Gasteiger partial charge in [-0.2, -0.15) is 0 Å². The first-order valence-corrected chi connectivity index (χ1v) is 3.61. The SMILES string of the molecule is OB(O)c1coc2ccccc12. The van der Waals surface area contributed by atoms with E-state index in [9.17, 15) is 0 Å². The van der Waals surface area contributed by atoms with E-state index in [0.29, 0.717) is 11.0 Å². The molecule has 60 valence electrons. The summed E-state index contributed by atoms with van der Waals surface area (Å²) in [6.45, 7) is 0. The molecule has 0 atom stereocenters. The third-order valence-electron chi connectivity index (χ3n) is 1.79. The highest BCUT2D eigenvalue weighted by atomic mass is 16.4. The van der Waals surface area contributed by atoms with E-state index in [1.165, 1.54) is 6.26 Å². The lowest BCUT2D eigenvalue weighted by Gasteiger charge is -1.92. The molecule has 0 unspecified atom stereocenters. The van der Waals surface area contributed by atoms with Crippen LogP contribution in [0.3, 0.4) is 0 Å². The molecule has 0 spiro atoms. The van der Waals surface area contributed by atoms with E-state index < -0.39 is 7.12 Å². The molecule has 2 N–H and O–H groups in total. The minimum Gasteiger partial charge on any atom is -0.465 e. The summed E-state index contributed by atoms with van der Waals surface area (Å²) >= 11 is 0. The van der Waals surface area contributed by atoms with Gasteiger partial charge in [-0.3, -0.25) is 0 Å². The predicted molar refractivity (Wildman–Crippen MR) is 46.0 cm³/mol. The topological polar surface area (TPSA) is 53.6 Å². The molecule has 3 nitrogen and oxygen atoms in total. The van der Waals surface area contributed by atoms with E-state index >= 15 is 0 Å². The Bertz CT molecular complexity index is 394. The van der Waals surface area contributed by atoms with Gasteiger partial charge in [0.2, 0.25) is 0 Å². The molecule has 0 amide bonds. The van der Waals surface area contributed by atoms with Crippen LogP contribution in [-0.2, 0) is 0 Å². The maximum absolute atomic E-state index is 8.91. The molecule has 0 radical (unpaired) electrons. The lowest BCUT2D eigenvalue weighted by Crippen LogP contribution is -2.28. The number of furan rings is 1. The van der Waals surface area contributed by atoms with Crippen LogP contribution in [0.2, 0.25) is 0 Å². The van der Waals surface area contributed by atoms with Crippen molar-refractivity contribution in [3.63, 3.8) is 0 Å². The van der Waals surface area contributed by atoms with E-state index in [0.717, 1.165) is 5.39 Å². The summed E-state index contributed by atoms with van der Waals surface area (Å²) in [5.74, 6) is 0. The second-order valence-electron chi connectivity index (χ2n) is 2.56. The number of fused-ring (bicyclic) bond motifs is 1. The van der Waals surface area contributed by atoms with Crippen LogP contribution in [0.1, 0.15) is 0 Å². The van der Waals surface area contributed by atoms with E-state index in [1.807, 2.05) is 12.1 Å². The van der Waals surface area contributed by atoms with Crippen LogP contribution in [0.4, 0.5) is 0 Å². The molecule has 0 fully saturated rings. The third-order valence-corrected chi connectivity index (χ3v) is 1.79. The predicted octanol–water partition coefficient (Wildman–Crippen LogP) is 0.113. The first kappa shape index (κ1) is 7.40. The zero-order valence-electron chi connectivity index (χ0n) is 6.27. The number of hydrogen-bond donors (Lipinski definition) is 2. The summed E-state index contributed by atoms with van der Waals surface area (Å²) in [5, 5.41) is 18.6. The van der Waals surface area contributed by atoms with Crippen LogP contribution >= 0.6 is 0 Å². The van der Waals surface area contributed by atoms with Crippen molar-refractivity contribution in [2.45, 2.75) is 0 Å². The fraction of sp³-hybridized carbons (Fsp3) is 0. The molecule has 0 saturated heterocycles. The van der Waals surface area contributed by atoms with E-state index in [2.05, 4.69) is 0 Å². The van der Waals surface area contributed by atoms with Gasteiger partial charge in [-0.15, -0.1) is 0 Å². The Hall–Kier alpha value is -1.26. The maximum atomic E-state index is 8.91. The Kier molecular flexibility index (Phi) is 1.64. The van der Waals surface area contributed by atoms with Gasteiger partial charge in [-0.05, 0) is 6.07 Å². The van der Waals surface area contributed by atoms with Gasteiger partial charge < -0.3 is 14.5 Å². The van der Waals surface area contributed by atoms with E-state index in [4.69, 9.17) is 14.5 Å². The molecule has 0 aliphatic heterocycles. The number of benzene rings is 1. The average Bonchev–Trinajstić information content (AvgIpc) is 2.47. The molecule has 4 heteroatoms. The fourth-order valence-electron chi connectivity index (χ4n) is 1.20. The van der Waals surface area contributed by atoms with Gasteiger partial charge in [-0.25, -0.2) is 0 Å². The third kappa shape index (κ3) is 1.01. The average molecular weight is 162 g/mol. The van der Waals surface area contributed by atoms with Gasteiger partial charge >= 0.3 is 7.12 Å². The van der Waals surface area contributed by atoms with Gasteiger partial charge in [0.15, 0.2) is 0 Å². The second kappa shape index (κ2) is 2.66.